The molecule has 0 heterocycles. The lowest BCUT2D eigenvalue weighted by Gasteiger charge is -2.20. The third kappa shape index (κ3) is 3.05. The number of benzene rings is 1. The van der Waals surface area contributed by atoms with Gasteiger partial charge in [-0.05, 0) is 37.7 Å². The second-order valence-electron chi connectivity index (χ2n) is 5.44. The molecule has 100 valence electrons. The molecule has 2 nitrogen and oxygen atoms in total. The zero-order chi connectivity index (χ0) is 13.0. The molecule has 0 radical (unpaired) electrons. The normalized spacial score (nSPS) is 27.4. The lowest BCUT2D eigenvalue weighted by molar-refractivity contribution is 0.330. The fraction of sp³-hybridized carbons (Fsp3) is 0.625. The van der Waals surface area contributed by atoms with E-state index in [9.17, 15) is 0 Å². The topological polar surface area (TPSA) is 21.3 Å². The Labute approximate surface area is 111 Å². The maximum atomic E-state index is 5.66. The van der Waals surface area contributed by atoms with Crippen LogP contribution in [-0.2, 0) is 6.54 Å². The van der Waals surface area contributed by atoms with Gasteiger partial charge in [0.2, 0.25) is 0 Å². The van der Waals surface area contributed by atoms with Gasteiger partial charge >= 0.3 is 0 Å². The van der Waals surface area contributed by atoms with E-state index in [1.54, 1.807) is 0 Å². The highest BCUT2D eigenvalue weighted by molar-refractivity contribution is 5.33. The van der Waals surface area contributed by atoms with Crippen LogP contribution in [0.5, 0.6) is 5.75 Å². The first-order valence-corrected chi connectivity index (χ1v) is 7.16. The van der Waals surface area contributed by atoms with Crippen LogP contribution >= 0.6 is 0 Å². The molecule has 0 bridgehead atoms. The maximum Gasteiger partial charge on any atom is 0.123 e. The van der Waals surface area contributed by atoms with Gasteiger partial charge in [-0.2, -0.15) is 0 Å². The van der Waals surface area contributed by atoms with Crippen molar-refractivity contribution >= 4 is 0 Å². The van der Waals surface area contributed by atoms with Gasteiger partial charge in [-0.3, -0.25) is 0 Å². The van der Waals surface area contributed by atoms with E-state index in [4.69, 9.17) is 4.74 Å². The molecule has 0 aliphatic heterocycles. The summed E-state index contributed by atoms with van der Waals surface area (Å²) >= 11 is 0. The Hall–Kier alpha value is -1.02. The zero-order valence-electron chi connectivity index (χ0n) is 11.8. The van der Waals surface area contributed by atoms with Crippen LogP contribution in [-0.4, -0.2) is 12.6 Å². The van der Waals surface area contributed by atoms with Crippen LogP contribution in [0, 0.1) is 11.8 Å². The molecule has 0 spiro atoms. The summed E-state index contributed by atoms with van der Waals surface area (Å²) in [4.78, 5) is 0. The summed E-state index contributed by atoms with van der Waals surface area (Å²) in [6, 6.07) is 8.99. The van der Waals surface area contributed by atoms with Crippen molar-refractivity contribution in [3.63, 3.8) is 0 Å². The summed E-state index contributed by atoms with van der Waals surface area (Å²) in [6.07, 6.45) is 2.66. The molecule has 2 rings (SSSR count). The van der Waals surface area contributed by atoms with Crippen molar-refractivity contribution in [2.24, 2.45) is 11.8 Å². The van der Waals surface area contributed by atoms with Gasteiger partial charge in [0, 0.05) is 18.2 Å². The van der Waals surface area contributed by atoms with Crippen LogP contribution in [0.4, 0.5) is 0 Å². The van der Waals surface area contributed by atoms with Crippen LogP contribution in [0.1, 0.15) is 39.2 Å². The van der Waals surface area contributed by atoms with Crippen LogP contribution in [0.15, 0.2) is 24.3 Å². The van der Waals surface area contributed by atoms with Gasteiger partial charge in [-0.15, -0.1) is 0 Å². The molecule has 1 saturated carbocycles. The minimum absolute atomic E-state index is 0.662. The molecule has 0 amide bonds. The fourth-order valence-corrected chi connectivity index (χ4v) is 2.84. The maximum absolute atomic E-state index is 5.66. The van der Waals surface area contributed by atoms with Crippen molar-refractivity contribution in [3.8, 4) is 5.75 Å². The zero-order valence-corrected chi connectivity index (χ0v) is 11.8. The van der Waals surface area contributed by atoms with E-state index in [1.165, 1.54) is 18.4 Å². The standard InChI is InChI=1S/C16H25NO/c1-4-18-16-8-6-5-7-14(16)11-17-15-10-9-12(2)13(15)3/h5-8,12-13,15,17H,4,9-11H2,1-3H3. The molecule has 1 aromatic carbocycles. The third-order valence-electron chi connectivity index (χ3n) is 4.29. The second kappa shape index (κ2) is 6.24. The Morgan fingerprint density at radius 2 is 2.00 bits per heavy atom. The molecule has 1 aliphatic rings. The summed E-state index contributed by atoms with van der Waals surface area (Å²) in [5.74, 6) is 2.65. The summed E-state index contributed by atoms with van der Waals surface area (Å²) < 4.78 is 5.66. The van der Waals surface area contributed by atoms with Gasteiger partial charge in [0.1, 0.15) is 5.75 Å². The highest BCUT2D eigenvalue weighted by atomic mass is 16.5. The Kier molecular flexibility index (Phi) is 4.65. The van der Waals surface area contributed by atoms with Crippen molar-refractivity contribution in [2.45, 2.75) is 46.2 Å². The predicted molar refractivity (Wildman–Crippen MR) is 75.8 cm³/mol. The highest BCUT2D eigenvalue weighted by Gasteiger charge is 2.29. The highest BCUT2D eigenvalue weighted by Crippen LogP contribution is 2.31. The minimum Gasteiger partial charge on any atom is -0.494 e. The summed E-state index contributed by atoms with van der Waals surface area (Å²) in [7, 11) is 0. The first kappa shape index (κ1) is 13.4. The van der Waals surface area contributed by atoms with E-state index < -0.39 is 0 Å². The number of hydrogen-bond donors (Lipinski definition) is 1. The molecule has 2 heteroatoms. The quantitative estimate of drug-likeness (QED) is 0.858. The van der Waals surface area contributed by atoms with E-state index in [0.717, 1.165) is 30.7 Å². The molecule has 3 unspecified atom stereocenters. The van der Waals surface area contributed by atoms with Gasteiger partial charge < -0.3 is 10.1 Å². The van der Waals surface area contributed by atoms with Crippen molar-refractivity contribution in [1.29, 1.82) is 0 Å². The number of rotatable bonds is 5. The lowest BCUT2D eigenvalue weighted by atomic mass is 9.97. The largest absolute Gasteiger partial charge is 0.494 e. The van der Waals surface area contributed by atoms with Gasteiger partial charge in [0.05, 0.1) is 6.61 Å². The summed E-state index contributed by atoms with van der Waals surface area (Å²) in [5, 5.41) is 3.70. The van der Waals surface area contributed by atoms with Crippen molar-refractivity contribution in [1.82, 2.24) is 5.32 Å². The minimum atomic E-state index is 0.662. The number of para-hydroxylation sites is 1. The van der Waals surface area contributed by atoms with E-state index >= 15 is 0 Å². The van der Waals surface area contributed by atoms with E-state index in [1.807, 2.05) is 13.0 Å². The SMILES string of the molecule is CCOc1ccccc1CNC1CCC(C)C1C. The lowest BCUT2D eigenvalue weighted by Crippen LogP contribution is -2.32. The van der Waals surface area contributed by atoms with E-state index in [0.29, 0.717) is 6.04 Å². The number of hydrogen-bond acceptors (Lipinski definition) is 2. The first-order chi connectivity index (χ1) is 8.72. The van der Waals surface area contributed by atoms with Crippen molar-refractivity contribution in [2.75, 3.05) is 6.61 Å². The van der Waals surface area contributed by atoms with Gasteiger partial charge in [-0.25, -0.2) is 0 Å². The van der Waals surface area contributed by atoms with Crippen molar-refractivity contribution in [3.05, 3.63) is 29.8 Å². The Balaban J connectivity index is 1.94. The number of nitrogens with one attached hydrogen (secondary N) is 1. The monoisotopic (exact) mass is 247 g/mol. The molecule has 3 atom stereocenters. The van der Waals surface area contributed by atoms with Crippen LogP contribution < -0.4 is 10.1 Å². The number of ether oxygens (including phenoxy) is 1. The summed E-state index contributed by atoms with van der Waals surface area (Å²) in [6.45, 7) is 8.40. The molecule has 18 heavy (non-hydrogen) atoms. The smallest absolute Gasteiger partial charge is 0.123 e. The Morgan fingerprint density at radius 1 is 1.22 bits per heavy atom. The molecule has 1 N–H and O–H groups in total. The van der Waals surface area contributed by atoms with Crippen LogP contribution in [0.3, 0.4) is 0 Å². The molecule has 1 aromatic rings. The Bertz CT molecular complexity index is 377. The third-order valence-corrected chi connectivity index (χ3v) is 4.29. The molecule has 1 aliphatic carbocycles. The van der Waals surface area contributed by atoms with E-state index in [2.05, 4.69) is 37.4 Å². The first-order valence-electron chi connectivity index (χ1n) is 7.16. The molecular weight excluding hydrogens is 222 g/mol. The van der Waals surface area contributed by atoms with Crippen LogP contribution in [0.25, 0.3) is 0 Å². The summed E-state index contributed by atoms with van der Waals surface area (Å²) in [5.41, 5.74) is 1.27. The molecule has 0 aromatic heterocycles. The average Bonchev–Trinajstić information content (AvgIpc) is 2.70. The van der Waals surface area contributed by atoms with Gasteiger partial charge in [-0.1, -0.05) is 32.0 Å². The van der Waals surface area contributed by atoms with Gasteiger partial charge in [0.15, 0.2) is 0 Å². The van der Waals surface area contributed by atoms with Crippen molar-refractivity contribution < 1.29 is 4.74 Å². The van der Waals surface area contributed by atoms with Crippen LogP contribution in [0.2, 0.25) is 0 Å². The van der Waals surface area contributed by atoms with E-state index in [-0.39, 0.29) is 0 Å². The predicted octanol–water partition coefficient (Wildman–Crippen LogP) is 3.61. The fourth-order valence-electron chi connectivity index (χ4n) is 2.84. The molecule has 0 saturated heterocycles. The van der Waals surface area contributed by atoms with Gasteiger partial charge in [0.25, 0.3) is 0 Å². The molecular formula is C16H25NO. The average molecular weight is 247 g/mol. The second-order valence-corrected chi connectivity index (χ2v) is 5.44. The molecule has 1 fully saturated rings. The Morgan fingerprint density at radius 3 is 2.67 bits per heavy atom.